The van der Waals surface area contributed by atoms with Gasteiger partial charge in [0, 0.05) is 17.8 Å². The molecule has 0 saturated heterocycles. The van der Waals surface area contributed by atoms with E-state index in [-0.39, 0.29) is 5.69 Å². The number of benzene rings is 1. The summed E-state index contributed by atoms with van der Waals surface area (Å²) in [4.78, 5) is 8.06. The molecule has 2 N–H and O–H groups in total. The lowest BCUT2D eigenvalue weighted by Crippen LogP contribution is -2.20. The van der Waals surface area contributed by atoms with Crippen LogP contribution in [0.5, 0.6) is 0 Å². The fourth-order valence-corrected chi connectivity index (χ4v) is 2.32. The maximum atomic E-state index is 13.1. The van der Waals surface area contributed by atoms with Crippen molar-refractivity contribution in [1.29, 1.82) is 0 Å². The van der Waals surface area contributed by atoms with Gasteiger partial charge in [-0.3, -0.25) is 9.97 Å². The van der Waals surface area contributed by atoms with Gasteiger partial charge in [-0.05, 0) is 29.8 Å². The Labute approximate surface area is 124 Å². The predicted molar refractivity (Wildman–Crippen MR) is 77.0 cm³/mol. The van der Waals surface area contributed by atoms with E-state index < -0.39 is 17.8 Å². The molecule has 3 rings (SSSR count). The van der Waals surface area contributed by atoms with Gasteiger partial charge in [-0.1, -0.05) is 18.2 Å². The van der Waals surface area contributed by atoms with E-state index in [1.165, 1.54) is 18.5 Å². The molecular formula is C16H12F3N3. The molecule has 1 atom stereocenters. The molecule has 2 heterocycles. The molecule has 1 aromatic carbocycles. The Bertz CT molecular complexity index is 815. The van der Waals surface area contributed by atoms with Crippen molar-refractivity contribution in [3.05, 3.63) is 71.7 Å². The van der Waals surface area contributed by atoms with Gasteiger partial charge >= 0.3 is 6.18 Å². The standard InChI is InChI=1S/C16H12F3N3/c17-16(18,19)12-5-3-7-21-15(12)14(20)11-8-10-4-1-2-6-13(10)22-9-11/h1-9,14H,20H2/t14-/m0/s1. The molecule has 112 valence electrons. The van der Waals surface area contributed by atoms with Crippen LogP contribution < -0.4 is 5.73 Å². The number of pyridine rings is 2. The summed E-state index contributed by atoms with van der Waals surface area (Å²) in [6.07, 6.45) is -1.70. The van der Waals surface area contributed by atoms with Gasteiger partial charge in [0.05, 0.1) is 22.8 Å². The lowest BCUT2D eigenvalue weighted by Gasteiger charge is -2.17. The highest BCUT2D eigenvalue weighted by Crippen LogP contribution is 2.34. The molecule has 0 amide bonds. The minimum Gasteiger partial charge on any atom is -0.319 e. The molecule has 0 aliphatic heterocycles. The topological polar surface area (TPSA) is 51.8 Å². The van der Waals surface area contributed by atoms with Gasteiger partial charge in [-0.25, -0.2) is 0 Å². The zero-order valence-corrected chi connectivity index (χ0v) is 11.4. The van der Waals surface area contributed by atoms with Crippen molar-refractivity contribution in [2.75, 3.05) is 0 Å². The molecule has 0 bridgehead atoms. The number of para-hydroxylation sites is 1. The zero-order valence-electron chi connectivity index (χ0n) is 11.4. The molecule has 3 nitrogen and oxygen atoms in total. The van der Waals surface area contributed by atoms with Gasteiger partial charge in [-0.2, -0.15) is 13.2 Å². The molecule has 0 aliphatic rings. The monoisotopic (exact) mass is 303 g/mol. The van der Waals surface area contributed by atoms with Crippen LogP contribution in [0, 0.1) is 0 Å². The number of halogens is 3. The van der Waals surface area contributed by atoms with Crippen molar-refractivity contribution >= 4 is 10.9 Å². The van der Waals surface area contributed by atoms with Crippen LogP contribution in [0.3, 0.4) is 0 Å². The molecule has 0 fully saturated rings. The summed E-state index contributed by atoms with van der Waals surface area (Å²) in [6, 6.07) is 10.3. The summed E-state index contributed by atoms with van der Waals surface area (Å²) in [5, 5.41) is 0.819. The number of hydrogen-bond donors (Lipinski definition) is 1. The second-order valence-corrected chi connectivity index (χ2v) is 4.87. The summed E-state index contributed by atoms with van der Waals surface area (Å²) in [6.45, 7) is 0. The number of nitrogens with zero attached hydrogens (tertiary/aromatic N) is 2. The van der Waals surface area contributed by atoms with E-state index in [2.05, 4.69) is 9.97 Å². The van der Waals surface area contributed by atoms with E-state index in [9.17, 15) is 13.2 Å². The number of aromatic nitrogens is 2. The Balaban J connectivity index is 2.08. The van der Waals surface area contributed by atoms with Crippen LogP contribution in [0.1, 0.15) is 22.9 Å². The first-order chi connectivity index (χ1) is 10.5. The summed E-state index contributed by atoms with van der Waals surface area (Å²) < 4.78 is 39.2. The second-order valence-electron chi connectivity index (χ2n) is 4.87. The van der Waals surface area contributed by atoms with E-state index in [4.69, 9.17) is 5.73 Å². The maximum absolute atomic E-state index is 13.1. The number of nitrogens with two attached hydrogens (primary N) is 1. The molecule has 0 saturated carbocycles. The molecule has 2 aromatic heterocycles. The van der Waals surface area contributed by atoms with E-state index in [0.29, 0.717) is 5.56 Å². The van der Waals surface area contributed by atoms with Gasteiger partial charge in [0.15, 0.2) is 0 Å². The Morgan fingerprint density at radius 3 is 2.55 bits per heavy atom. The largest absolute Gasteiger partial charge is 0.418 e. The first-order valence-corrected chi connectivity index (χ1v) is 6.59. The number of rotatable bonds is 2. The molecule has 0 aliphatic carbocycles. The second kappa shape index (κ2) is 5.38. The number of hydrogen-bond acceptors (Lipinski definition) is 3. The Morgan fingerprint density at radius 1 is 1.00 bits per heavy atom. The van der Waals surface area contributed by atoms with E-state index in [0.717, 1.165) is 17.0 Å². The smallest absolute Gasteiger partial charge is 0.319 e. The summed E-state index contributed by atoms with van der Waals surface area (Å²) in [5.74, 6) is 0. The van der Waals surface area contributed by atoms with Gasteiger partial charge in [-0.15, -0.1) is 0 Å². The van der Waals surface area contributed by atoms with E-state index in [1.54, 1.807) is 6.07 Å². The van der Waals surface area contributed by atoms with Crippen LogP contribution >= 0.6 is 0 Å². The van der Waals surface area contributed by atoms with Crippen molar-refractivity contribution in [3.8, 4) is 0 Å². The summed E-state index contributed by atoms with van der Waals surface area (Å²) in [5.41, 5.74) is 6.23. The number of alkyl halides is 3. The third-order valence-electron chi connectivity index (χ3n) is 3.41. The molecule has 0 radical (unpaired) electrons. The highest BCUT2D eigenvalue weighted by Gasteiger charge is 2.35. The van der Waals surface area contributed by atoms with Crippen LogP contribution in [0.2, 0.25) is 0 Å². The molecule has 3 aromatic rings. The third-order valence-corrected chi connectivity index (χ3v) is 3.41. The van der Waals surface area contributed by atoms with Crippen molar-refractivity contribution < 1.29 is 13.2 Å². The van der Waals surface area contributed by atoms with Crippen molar-refractivity contribution in [3.63, 3.8) is 0 Å². The van der Waals surface area contributed by atoms with Gasteiger partial charge < -0.3 is 5.73 Å². The average molecular weight is 303 g/mol. The average Bonchev–Trinajstić information content (AvgIpc) is 2.53. The quantitative estimate of drug-likeness (QED) is 0.785. The first-order valence-electron chi connectivity index (χ1n) is 6.59. The molecule has 6 heteroatoms. The molecule has 22 heavy (non-hydrogen) atoms. The Morgan fingerprint density at radius 2 is 1.77 bits per heavy atom. The first kappa shape index (κ1) is 14.5. The normalized spacial score (nSPS) is 13.3. The van der Waals surface area contributed by atoms with Gasteiger partial charge in [0.2, 0.25) is 0 Å². The fourth-order valence-electron chi connectivity index (χ4n) is 2.32. The maximum Gasteiger partial charge on any atom is 0.418 e. The predicted octanol–water partition coefficient (Wildman–Crippen LogP) is 3.70. The van der Waals surface area contributed by atoms with Crippen LogP contribution in [0.15, 0.2) is 54.9 Å². The van der Waals surface area contributed by atoms with Gasteiger partial charge in [0.1, 0.15) is 0 Å². The minimum atomic E-state index is -4.49. The zero-order chi connectivity index (χ0) is 15.7. The highest BCUT2D eigenvalue weighted by atomic mass is 19.4. The van der Waals surface area contributed by atoms with Crippen molar-refractivity contribution in [1.82, 2.24) is 9.97 Å². The van der Waals surface area contributed by atoms with Crippen LogP contribution in [0.25, 0.3) is 10.9 Å². The fraction of sp³-hybridized carbons (Fsp3) is 0.125. The summed E-state index contributed by atoms with van der Waals surface area (Å²) >= 11 is 0. The van der Waals surface area contributed by atoms with Crippen LogP contribution in [-0.2, 0) is 6.18 Å². The van der Waals surface area contributed by atoms with Gasteiger partial charge in [0.25, 0.3) is 0 Å². The minimum absolute atomic E-state index is 0.202. The van der Waals surface area contributed by atoms with E-state index in [1.807, 2.05) is 24.3 Å². The van der Waals surface area contributed by atoms with Crippen LogP contribution in [0.4, 0.5) is 13.2 Å². The van der Waals surface area contributed by atoms with E-state index >= 15 is 0 Å². The van der Waals surface area contributed by atoms with Crippen molar-refractivity contribution in [2.45, 2.75) is 12.2 Å². The molecule has 0 unspecified atom stereocenters. The molecule has 0 spiro atoms. The number of fused-ring (bicyclic) bond motifs is 1. The van der Waals surface area contributed by atoms with Crippen molar-refractivity contribution in [2.24, 2.45) is 5.73 Å². The lowest BCUT2D eigenvalue weighted by atomic mass is 10.00. The Kier molecular flexibility index (Phi) is 3.54. The third kappa shape index (κ3) is 2.65. The molecular weight excluding hydrogens is 291 g/mol. The van der Waals surface area contributed by atoms with Crippen LogP contribution in [-0.4, -0.2) is 9.97 Å². The lowest BCUT2D eigenvalue weighted by molar-refractivity contribution is -0.138. The summed E-state index contributed by atoms with van der Waals surface area (Å²) in [7, 11) is 0. The highest BCUT2D eigenvalue weighted by molar-refractivity contribution is 5.78. The SMILES string of the molecule is N[C@@H](c1cnc2ccccc2c1)c1ncccc1C(F)(F)F. The Hall–Kier alpha value is -2.47.